The Balaban J connectivity index is 1.88. The maximum absolute atomic E-state index is 11.5. The Morgan fingerprint density at radius 3 is 2.61 bits per heavy atom. The van der Waals surface area contributed by atoms with E-state index in [9.17, 15) is 4.79 Å². The van der Waals surface area contributed by atoms with Gasteiger partial charge in [0.2, 0.25) is 0 Å². The lowest BCUT2D eigenvalue weighted by atomic mass is 10.2. The average Bonchev–Trinajstić information content (AvgIpc) is 2.89. The molecule has 0 saturated heterocycles. The van der Waals surface area contributed by atoms with Crippen LogP contribution >= 0.6 is 12.2 Å². The second-order valence-corrected chi connectivity index (χ2v) is 6.40. The van der Waals surface area contributed by atoms with Gasteiger partial charge < -0.3 is 15.0 Å². The number of hydrogen-bond acceptors (Lipinski definition) is 3. The number of carbonyl (C=O) groups is 1. The van der Waals surface area contributed by atoms with Crippen molar-refractivity contribution in [2.45, 2.75) is 26.4 Å². The average molecular weight is 331 g/mol. The van der Waals surface area contributed by atoms with Crippen LogP contribution in [0.5, 0.6) is 0 Å². The van der Waals surface area contributed by atoms with Crippen LogP contribution in [0.15, 0.2) is 42.7 Å². The molecule has 0 fully saturated rings. The molecular formula is C17H21N3O2S. The minimum atomic E-state index is -0.483. The molecule has 2 rings (SSSR count). The van der Waals surface area contributed by atoms with Crippen molar-refractivity contribution in [3.8, 4) is 5.69 Å². The number of hydrogen-bond donors (Lipinski definition) is 2. The molecule has 1 heterocycles. The zero-order chi connectivity index (χ0) is 16.9. The molecule has 0 aliphatic carbocycles. The minimum Gasteiger partial charge on any atom is -0.444 e. The Kier molecular flexibility index (Phi) is 5.39. The Labute approximate surface area is 141 Å². The monoisotopic (exact) mass is 331 g/mol. The van der Waals surface area contributed by atoms with Crippen LogP contribution in [-0.4, -0.2) is 27.8 Å². The number of nitrogens with one attached hydrogen (secondary N) is 2. The lowest BCUT2D eigenvalue weighted by Gasteiger charge is -2.19. The first-order chi connectivity index (χ1) is 10.8. The van der Waals surface area contributed by atoms with E-state index in [-0.39, 0.29) is 0 Å². The maximum atomic E-state index is 11.5. The highest BCUT2D eigenvalue weighted by atomic mass is 32.1. The molecule has 2 aromatic rings. The number of carbonyl (C=O) groups excluding carboxylic acids is 1. The van der Waals surface area contributed by atoms with Gasteiger partial charge in [0.15, 0.2) is 4.77 Å². The number of amides is 1. The second kappa shape index (κ2) is 7.28. The summed E-state index contributed by atoms with van der Waals surface area (Å²) in [4.78, 5) is 14.5. The third-order valence-corrected chi connectivity index (χ3v) is 3.21. The first-order valence-electron chi connectivity index (χ1n) is 7.35. The SMILES string of the molecule is CC(C)(C)OC(=O)NCC=Cc1ccc(-n2cc[nH]c2=S)cc1. The van der Waals surface area contributed by atoms with Crippen LogP contribution < -0.4 is 5.32 Å². The molecular weight excluding hydrogens is 310 g/mol. The Bertz CT molecular complexity index is 736. The van der Waals surface area contributed by atoms with Crippen molar-refractivity contribution in [2.24, 2.45) is 0 Å². The van der Waals surface area contributed by atoms with Crippen LogP contribution in [-0.2, 0) is 4.74 Å². The summed E-state index contributed by atoms with van der Waals surface area (Å²) >= 11 is 5.19. The van der Waals surface area contributed by atoms with Gasteiger partial charge in [0, 0.05) is 24.6 Å². The lowest BCUT2D eigenvalue weighted by Crippen LogP contribution is -2.32. The van der Waals surface area contributed by atoms with E-state index in [0.29, 0.717) is 11.3 Å². The Morgan fingerprint density at radius 2 is 2.04 bits per heavy atom. The van der Waals surface area contributed by atoms with Crippen LogP contribution in [0.2, 0.25) is 0 Å². The van der Waals surface area contributed by atoms with Gasteiger partial charge in [0.05, 0.1) is 0 Å². The van der Waals surface area contributed by atoms with Crippen LogP contribution in [0.4, 0.5) is 4.79 Å². The number of H-pyrrole nitrogens is 1. The van der Waals surface area contributed by atoms with Crippen molar-refractivity contribution in [3.63, 3.8) is 0 Å². The van der Waals surface area contributed by atoms with Gasteiger partial charge in [-0.1, -0.05) is 24.3 Å². The Hall–Kier alpha value is -2.34. The number of ether oxygens (including phenoxy) is 1. The number of rotatable bonds is 4. The molecule has 0 radical (unpaired) electrons. The van der Waals surface area contributed by atoms with Crippen molar-refractivity contribution < 1.29 is 9.53 Å². The molecule has 0 bridgehead atoms. The molecule has 1 aromatic carbocycles. The molecule has 0 aliphatic heterocycles. The quantitative estimate of drug-likeness (QED) is 0.830. The van der Waals surface area contributed by atoms with Crippen molar-refractivity contribution >= 4 is 24.4 Å². The highest BCUT2D eigenvalue weighted by Crippen LogP contribution is 2.11. The maximum Gasteiger partial charge on any atom is 0.407 e. The van der Waals surface area contributed by atoms with Gasteiger partial charge in [-0.15, -0.1) is 0 Å². The first kappa shape index (κ1) is 17.0. The number of aromatic amines is 1. The number of benzene rings is 1. The van der Waals surface area contributed by atoms with Crippen molar-refractivity contribution in [1.82, 2.24) is 14.9 Å². The summed E-state index contributed by atoms with van der Waals surface area (Å²) in [7, 11) is 0. The summed E-state index contributed by atoms with van der Waals surface area (Å²) in [5.74, 6) is 0. The van der Waals surface area contributed by atoms with Crippen molar-refractivity contribution in [3.05, 3.63) is 53.1 Å². The summed E-state index contributed by atoms with van der Waals surface area (Å²) in [6.45, 7) is 5.92. The molecule has 122 valence electrons. The summed E-state index contributed by atoms with van der Waals surface area (Å²) in [5, 5.41) is 2.68. The second-order valence-electron chi connectivity index (χ2n) is 6.01. The molecule has 0 atom stereocenters. The molecule has 1 aromatic heterocycles. The smallest absolute Gasteiger partial charge is 0.407 e. The third-order valence-electron chi connectivity index (χ3n) is 2.89. The fourth-order valence-corrected chi connectivity index (χ4v) is 2.16. The molecule has 6 heteroatoms. The minimum absolute atomic E-state index is 0.416. The third kappa shape index (κ3) is 5.41. The van der Waals surface area contributed by atoms with Gasteiger partial charge in [-0.25, -0.2) is 4.79 Å². The predicted octanol–water partition coefficient (Wildman–Crippen LogP) is 4.07. The van der Waals surface area contributed by atoms with E-state index >= 15 is 0 Å². The summed E-state index contributed by atoms with van der Waals surface area (Å²) in [6, 6.07) is 7.97. The molecule has 0 aliphatic rings. The summed E-state index contributed by atoms with van der Waals surface area (Å²) < 4.78 is 7.72. The zero-order valence-electron chi connectivity index (χ0n) is 13.5. The molecule has 0 saturated carbocycles. The van der Waals surface area contributed by atoms with E-state index in [2.05, 4.69) is 10.3 Å². The van der Waals surface area contributed by atoms with E-state index in [1.807, 2.05) is 68.0 Å². The predicted molar refractivity (Wildman–Crippen MR) is 94.2 cm³/mol. The summed E-state index contributed by atoms with van der Waals surface area (Å²) in [5.41, 5.74) is 1.56. The number of alkyl carbamates (subject to hydrolysis) is 1. The fraction of sp³-hybridized carbons (Fsp3) is 0.294. The van der Waals surface area contributed by atoms with E-state index in [1.54, 1.807) is 6.20 Å². The van der Waals surface area contributed by atoms with E-state index in [4.69, 9.17) is 17.0 Å². The summed E-state index contributed by atoms with van der Waals surface area (Å²) in [6.07, 6.45) is 7.09. The normalized spacial score (nSPS) is 11.6. The molecule has 23 heavy (non-hydrogen) atoms. The Morgan fingerprint density at radius 1 is 1.35 bits per heavy atom. The first-order valence-corrected chi connectivity index (χ1v) is 7.76. The largest absolute Gasteiger partial charge is 0.444 e. The number of imidazole rings is 1. The van der Waals surface area contributed by atoms with Gasteiger partial charge in [-0.3, -0.25) is 4.57 Å². The zero-order valence-corrected chi connectivity index (χ0v) is 14.3. The fourth-order valence-electron chi connectivity index (χ4n) is 1.92. The van der Waals surface area contributed by atoms with Crippen LogP contribution in [0, 0.1) is 4.77 Å². The van der Waals surface area contributed by atoms with Crippen LogP contribution in [0.25, 0.3) is 11.8 Å². The number of nitrogens with zero attached hydrogens (tertiary/aromatic N) is 1. The topological polar surface area (TPSA) is 59.0 Å². The number of aromatic nitrogens is 2. The molecule has 1 amide bonds. The van der Waals surface area contributed by atoms with Gasteiger partial charge in [-0.2, -0.15) is 0 Å². The van der Waals surface area contributed by atoms with E-state index < -0.39 is 11.7 Å². The standard InChI is InChI=1S/C17H21N3O2S/c1-17(2,3)22-16(21)19-10-4-5-13-6-8-14(9-7-13)20-12-11-18-15(20)23/h4-9,11-12H,10H2,1-3H3,(H,18,23)(H,19,21). The van der Waals surface area contributed by atoms with E-state index in [1.165, 1.54) is 0 Å². The molecule has 2 N–H and O–H groups in total. The van der Waals surface area contributed by atoms with Crippen molar-refractivity contribution in [2.75, 3.05) is 6.54 Å². The molecule has 0 unspecified atom stereocenters. The van der Waals surface area contributed by atoms with Crippen molar-refractivity contribution in [1.29, 1.82) is 0 Å². The van der Waals surface area contributed by atoms with Gasteiger partial charge in [0.1, 0.15) is 5.60 Å². The van der Waals surface area contributed by atoms with E-state index in [0.717, 1.165) is 11.3 Å². The highest BCUT2D eigenvalue weighted by molar-refractivity contribution is 7.71. The van der Waals surface area contributed by atoms with Gasteiger partial charge in [0.25, 0.3) is 0 Å². The molecule has 0 spiro atoms. The van der Waals surface area contributed by atoms with Crippen LogP contribution in [0.3, 0.4) is 0 Å². The lowest BCUT2D eigenvalue weighted by molar-refractivity contribution is 0.0534. The van der Waals surface area contributed by atoms with Gasteiger partial charge in [-0.05, 0) is 50.7 Å². The highest BCUT2D eigenvalue weighted by Gasteiger charge is 2.14. The molecule has 5 nitrogen and oxygen atoms in total. The van der Waals surface area contributed by atoms with Crippen LogP contribution in [0.1, 0.15) is 26.3 Å². The van der Waals surface area contributed by atoms with Gasteiger partial charge >= 0.3 is 6.09 Å².